The number of aryl methyl sites for hydroxylation is 2. The number of rotatable bonds is 8. The summed E-state index contributed by atoms with van der Waals surface area (Å²) < 4.78 is 7.92. The van der Waals surface area contributed by atoms with E-state index in [-0.39, 0.29) is 0 Å². The van der Waals surface area contributed by atoms with Crippen molar-refractivity contribution in [2.75, 3.05) is 0 Å². The quantitative estimate of drug-likeness (QED) is 0.365. The maximum atomic E-state index is 6.07. The summed E-state index contributed by atoms with van der Waals surface area (Å²) >= 11 is 7.74. The molecule has 0 aliphatic heterocycles. The Kier molecular flexibility index (Phi) is 6.58. The minimum Gasteiger partial charge on any atom is -0.486 e. The van der Waals surface area contributed by atoms with Gasteiger partial charge in [0.25, 0.3) is 0 Å². The van der Waals surface area contributed by atoms with Gasteiger partial charge >= 0.3 is 0 Å². The molecule has 0 radical (unpaired) electrons. The topological polar surface area (TPSA) is 39.9 Å². The lowest BCUT2D eigenvalue weighted by Crippen LogP contribution is -2.07. The average molecular weight is 400 g/mol. The van der Waals surface area contributed by atoms with Gasteiger partial charge in [-0.1, -0.05) is 53.7 Å². The first kappa shape index (κ1) is 19.5. The molecule has 1 aromatic heterocycles. The summed E-state index contributed by atoms with van der Waals surface area (Å²) in [6.07, 6.45) is 1.84. The summed E-state index contributed by atoms with van der Waals surface area (Å²) in [5, 5.41) is 10.3. The fourth-order valence-electron chi connectivity index (χ4n) is 2.61. The van der Waals surface area contributed by atoms with Crippen molar-refractivity contribution < 1.29 is 4.74 Å². The van der Waals surface area contributed by atoms with Gasteiger partial charge in [0.1, 0.15) is 12.4 Å². The normalized spacial score (nSPS) is 10.8. The Balaban J connectivity index is 1.71. The van der Waals surface area contributed by atoms with Gasteiger partial charge in [0.15, 0.2) is 11.0 Å². The summed E-state index contributed by atoms with van der Waals surface area (Å²) in [4.78, 5) is 0. The summed E-state index contributed by atoms with van der Waals surface area (Å²) in [5.41, 5.74) is 3.56. The van der Waals surface area contributed by atoms with Crippen molar-refractivity contribution in [3.63, 3.8) is 0 Å². The van der Waals surface area contributed by atoms with Gasteiger partial charge in [0.05, 0.1) is 0 Å². The zero-order chi connectivity index (χ0) is 19.2. The molecule has 27 heavy (non-hydrogen) atoms. The van der Waals surface area contributed by atoms with Gasteiger partial charge in [-0.15, -0.1) is 16.8 Å². The van der Waals surface area contributed by atoms with Crippen molar-refractivity contribution in [1.29, 1.82) is 0 Å². The summed E-state index contributed by atoms with van der Waals surface area (Å²) in [7, 11) is 0. The highest BCUT2D eigenvalue weighted by atomic mass is 35.5. The van der Waals surface area contributed by atoms with E-state index in [0.29, 0.717) is 13.2 Å². The molecule has 2 aromatic carbocycles. The first-order chi connectivity index (χ1) is 13.1. The van der Waals surface area contributed by atoms with E-state index in [4.69, 9.17) is 16.3 Å². The fraction of sp³-hybridized carbons (Fsp3) is 0.238. The number of aromatic nitrogens is 3. The molecule has 0 aliphatic rings. The van der Waals surface area contributed by atoms with Crippen LogP contribution in [-0.2, 0) is 18.9 Å². The lowest BCUT2D eigenvalue weighted by Gasteiger charge is -2.10. The minimum absolute atomic E-state index is 0.340. The van der Waals surface area contributed by atoms with E-state index >= 15 is 0 Å². The Hall–Kier alpha value is -2.24. The van der Waals surface area contributed by atoms with Crippen molar-refractivity contribution >= 4 is 23.4 Å². The van der Waals surface area contributed by atoms with Crippen LogP contribution < -0.4 is 4.74 Å². The molecule has 0 amide bonds. The highest BCUT2D eigenvalue weighted by Gasteiger charge is 2.13. The van der Waals surface area contributed by atoms with Gasteiger partial charge in [0.2, 0.25) is 0 Å². The lowest BCUT2D eigenvalue weighted by atomic mass is 10.1. The van der Waals surface area contributed by atoms with Crippen molar-refractivity contribution in [1.82, 2.24) is 14.8 Å². The third kappa shape index (κ3) is 4.93. The third-order valence-electron chi connectivity index (χ3n) is 4.22. The molecule has 3 aromatic rings. The van der Waals surface area contributed by atoms with Crippen LogP contribution in [0.15, 0.2) is 60.3 Å². The van der Waals surface area contributed by atoms with E-state index in [0.717, 1.165) is 33.1 Å². The minimum atomic E-state index is 0.340. The van der Waals surface area contributed by atoms with Crippen LogP contribution in [0, 0.1) is 13.8 Å². The molecule has 140 valence electrons. The number of benzene rings is 2. The highest BCUT2D eigenvalue weighted by Crippen LogP contribution is 2.25. The Morgan fingerprint density at radius 3 is 2.70 bits per heavy atom. The third-order valence-corrected chi connectivity index (χ3v) is 5.66. The zero-order valence-corrected chi connectivity index (χ0v) is 17.1. The summed E-state index contributed by atoms with van der Waals surface area (Å²) in [5.74, 6) is 2.38. The molecule has 1 heterocycles. The smallest absolute Gasteiger partial charge is 0.191 e. The van der Waals surface area contributed by atoms with Gasteiger partial charge in [0, 0.05) is 17.3 Å². The highest BCUT2D eigenvalue weighted by molar-refractivity contribution is 7.98. The number of nitrogens with zero attached hydrogens (tertiary/aromatic N) is 3. The molecule has 6 heteroatoms. The number of ether oxygens (including phenoxy) is 1. The van der Waals surface area contributed by atoms with Gasteiger partial charge in [-0.3, -0.25) is 4.57 Å². The predicted molar refractivity (Wildman–Crippen MR) is 111 cm³/mol. The van der Waals surface area contributed by atoms with Crippen molar-refractivity contribution in [2.45, 2.75) is 37.9 Å². The van der Waals surface area contributed by atoms with Crippen LogP contribution in [-0.4, -0.2) is 14.8 Å². The predicted octanol–water partition coefficient (Wildman–Crippen LogP) is 5.61. The van der Waals surface area contributed by atoms with Gasteiger partial charge in [-0.05, 0) is 48.7 Å². The van der Waals surface area contributed by atoms with E-state index < -0.39 is 0 Å². The number of hydrogen-bond donors (Lipinski definition) is 0. The van der Waals surface area contributed by atoms with Crippen LogP contribution >= 0.6 is 23.4 Å². The molecule has 0 unspecified atom stereocenters. The van der Waals surface area contributed by atoms with Crippen LogP contribution in [0.2, 0.25) is 5.02 Å². The number of thioether (sulfide) groups is 1. The second kappa shape index (κ2) is 9.11. The fourth-order valence-corrected chi connectivity index (χ4v) is 3.77. The van der Waals surface area contributed by atoms with Crippen LogP contribution in [0.4, 0.5) is 0 Å². The van der Waals surface area contributed by atoms with Crippen molar-refractivity contribution in [2.24, 2.45) is 0 Å². The molecular weight excluding hydrogens is 378 g/mol. The van der Waals surface area contributed by atoms with Gasteiger partial charge in [-0.2, -0.15) is 0 Å². The largest absolute Gasteiger partial charge is 0.486 e. The molecule has 0 fully saturated rings. The van der Waals surface area contributed by atoms with Gasteiger partial charge in [-0.25, -0.2) is 0 Å². The molecule has 3 rings (SSSR count). The molecule has 0 N–H and O–H groups in total. The van der Waals surface area contributed by atoms with Gasteiger partial charge < -0.3 is 4.74 Å². The van der Waals surface area contributed by atoms with E-state index in [2.05, 4.69) is 48.0 Å². The van der Waals surface area contributed by atoms with Crippen LogP contribution in [0.25, 0.3) is 0 Å². The summed E-state index contributed by atoms with van der Waals surface area (Å²) in [6.45, 7) is 8.91. The Bertz CT molecular complexity index is 939. The number of halogens is 1. The van der Waals surface area contributed by atoms with Crippen LogP contribution in [0.5, 0.6) is 5.75 Å². The molecule has 0 spiro atoms. The summed E-state index contributed by atoms with van der Waals surface area (Å²) in [6, 6.07) is 14.0. The molecule has 0 aliphatic carbocycles. The molecule has 0 atom stereocenters. The monoisotopic (exact) mass is 399 g/mol. The first-order valence-electron chi connectivity index (χ1n) is 8.67. The molecule has 4 nitrogen and oxygen atoms in total. The second-order valence-electron chi connectivity index (χ2n) is 6.21. The Morgan fingerprint density at radius 1 is 1.15 bits per heavy atom. The SMILES string of the molecule is C=CCn1c(COc2ccc(Cl)c(C)c2)nnc1SCc1ccccc1C. The van der Waals surface area contributed by atoms with Crippen LogP contribution in [0.3, 0.4) is 0 Å². The molecular formula is C21H22ClN3OS. The Labute approximate surface area is 169 Å². The average Bonchev–Trinajstić information content (AvgIpc) is 3.04. The standard InChI is InChI=1S/C21H22ClN3OS/c1-4-11-25-20(13-26-18-9-10-19(22)16(3)12-18)23-24-21(25)27-14-17-8-6-5-7-15(17)2/h4-10,12H,1,11,13-14H2,2-3H3. The number of allylic oxidation sites excluding steroid dienone is 1. The first-order valence-corrected chi connectivity index (χ1v) is 10.0. The van der Waals surface area contributed by atoms with E-state index in [1.165, 1.54) is 11.1 Å². The number of hydrogen-bond acceptors (Lipinski definition) is 4. The molecule has 0 saturated heterocycles. The zero-order valence-electron chi connectivity index (χ0n) is 15.5. The van der Waals surface area contributed by atoms with Crippen molar-refractivity contribution in [3.05, 3.63) is 82.7 Å². The van der Waals surface area contributed by atoms with Crippen molar-refractivity contribution in [3.8, 4) is 5.75 Å². The maximum absolute atomic E-state index is 6.07. The van der Waals surface area contributed by atoms with Crippen LogP contribution in [0.1, 0.15) is 22.5 Å². The Morgan fingerprint density at radius 2 is 1.96 bits per heavy atom. The van der Waals surface area contributed by atoms with E-state index in [9.17, 15) is 0 Å². The van der Waals surface area contributed by atoms with E-state index in [1.54, 1.807) is 11.8 Å². The van der Waals surface area contributed by atoms with E-state index in [1.807, 2.05) is 35.8 Å². The second-order valence-corrected chi connectivity index (χ2v) is 7.56. The molecule has 0 saturated carbocycles. The maximum Gasteiger partial charge on any atom is 0.191 e. The lowest BCUT2D eigenvalue weighted by molar-refractivity contribution is 0.289. The molecule has 0 bridgehead atoms.